The zero-order chi connectivity index (χ0) is 14.6. The molecule has 1 aliphatic heterocycles. The first kappa shape index (κ1) is 15.4. The van der Waals surface area contributed by atoms with Crippen molar-refractivity contribution in [1.29, 1.82) is 0 Å². The molecule has 8 heteroatoms. The lowest BCUT2D eigenvalue weighted by molar-refractivity contribution is -0.304. The number of carbonyl (C=O) groups is 2. The molecule has 0 aromatic carbocycles. The van der Waals surface area contributed by atoms with Crippen molar-refractivity contribution in [2.24, 2.45) is 0 Å². The quantitative estimate of drug-likeness (QED) is 0.410. The molecule has 4 atom stereocenters. The number of rotatable bonds is 5. The second-order valence-corrected chi connectivity index (χ2v) is 4.26. The Kier molecular flexibility index (Phi) is 5.28. The third-order valence-corrected chi connectivity index (χ3v) is 2.66. The Hall–Kier alpha value is -1.64. The minimum atomic E-state index is -1.61. The van der Waals surface area contributed by atoms with Crippen molar-refractivity contribution in [1.82, 2.24) is 5.32 Å². The van der Waals surface area contributed by atoms with Crippen molar-refractivity contribution < 1.29 is 34.8 Å². The van der Waals surface area contributed by atoms with Crippen LogP contribution in [0.5, 0.6) is 0 Å². The molecule has 0 saturated carbocycles. The minimum Gasteiger partial charge on any atom is -0.542 e. The molecule has 0 radical (unpaired) electrons. The number of nitrogens with one attached hydrogen (secondary N) is 1. The second-order valence-electron chi connectivity index (χ2n) is 4.26. The van der Waals surface area contributed by atoms with Crippen molar-refractivity contribution in [2.75, 3.05) is 6.61 Å². The summed E-state index contributed by atoms with van der Waals surface area (Å²) < 4.78 is 5.06. The molecule has 1 unspecified atom stereocenters. The smallest absolute Gasteiger partial charge is 0.217 e. The van der Waals surface area contributed by atoms with Gasteiger partial charge in [-0.15, -0.1) is 0 Å². The number of amides is 1. The van der Waals surface area contributed by atoms with Gasteiger partial charge in [0.25, 0.3) is 0 Å². The first-order chi connectivity index (χ1) is 8.85. The number of carboxylic acids is 1. The highest BCUT2D eigenvalue weighted by Crippen LogP contribution is 2.21. The van der Waals surface area contributed by atoms with Crippen LogP contribution in [0.2, 0.25) is 0 Å². The number of hydrogen-bond acceptors (Lipinski definition) is 7. The van der Waals surface area contributed by atoms with Gasteiger partial charge in [-0.2, -0.15) is 0 Å². The van der Waals surface area contributed by atoms with E-state index in [1.54, 1.807) is 0 Å². The van der Waals surface area contributed by atoms with E-state index in [0.29, 0.717) is 0 Å². The molecule has 0 aromatic rings. The van der Waals surface area contributed by atoms with Gasteiger partial charge in [0.1, 0.15) is 17.8 Å². The van der Waals surface area contributed by atoms with Gasteiger partial charge in [0.2, 0.25) is 5.91 Å². The average molecular weight is 274 g/mol. The van der Waals surface area contributed by atoms with Crippen LogP contribution >= 0.6 is 0 Å². The Morgan fingerprint density at radius 2 is 2.21 bits per heavy atom. The second kappa shape index (κ2) is 6.50. The maximum atomic E-state index is 11.0. The summed E-state index contributed by atoms with van der Waals surface area (Å²) in [4.78, 5) is 21.7. The van der Waals surface area contributed by atoms with Crippen LogP contribution in [0.4, 0.5) is 0 Å². The summed E-state index contributed by atoms with van der Waals surface area (Å²) in [5, 5.41) is 41.0. The summed E-state index contributed by atoms with van der Waals surface area (Å²) >= 11 is 0. The van der Waals surface area contributed by atoms with Crippen LogP contribution in [-0.2, 0) is 14.3 Å². The van der Waals surface area contributed by atoms with Crippen LogP contribution < -0.4 is 10.4 Å². The Balaban J connectivity index is 2.90. The molecule has 1 heterocycles. The number of aliphatic hydroxyl groups is 3. The molecule has 1 aliphatic rings. The molecule has 1 amide bonds. The predicted molar refractivity (Wildman–Crippen MR) is 59.3 cm³/mol. The first-order valence-electron chi connectivity index (χ1n) is 5.69. The Morgan fingerprint density at radius 3 is 2.68 bits per heavy atom. The SMILES string of the molecule is CC(=O)N[C@H]1C(C[C@H](O)CO)OC(C(=O)[O-])=C[C@H]1O. The Labute approximate surface area is 109 Å². The molecular formula is C11H16NO7-. The van der Waals surface area contributed by atoms with Gasteiger partial charge in [-0.05, 0) is 6.08 Å². The zero-order valence-electron chi connectivity index (χ0n) is 10.3. The van der Waals surface area contributed by atoms with Crippen molar-refractivity contribution in [3.63, 3.8) is 0 Å². The maximum absolute atomic E-state index is 11.0. The van der Waals surface area contributed by atoms with Gasteiger partial charge in [-0.3, -0.25) is 4.79 Å². The molecular weight excluding hydrogens is 258 g/mol. The van der Waals surface area contributed by atoms with E-state index in [9.17, 15) is 24.9 Å². The number of aliphatic carboxylic acids is 1. The van der Waals surface area contributed by atoms with Crippen LogP contribution in [-0.4, -0.2) is 58.2 Å². The number of carbonyl (C=O) groups excluding carboxylic acids is 2. The van der Waals surface area contributed by atoms with Crippen LogP contribution in [0.25, 0.3) is 0 Å². The van der Waals surface area contributed by atoms with Gasteiger partial charge < -0.3 is 35.3 Å². The monoisotopic (exact) mass is 274 g/mol. The summed E-state index contributed by atoms with van der Waals surface area (Å²) in [7, 11) is 0. The maximum Gasteiger partial charge on any atom is 0.217 e. The molecule has 1 rings (SSSR count). The third kappa shape index (κ3) is 4.19. The van der Waals surface area contributed by atoms with Crippen LogP contribution in [0, 0.1) is 0 Å². The summed E-state index contributed by atoms with van der Waals surface area (Å²) in [6.07, 6.45) is -2.67. The topological polar surface area (TPSA) is 139 Å². The number of carboxylic acid groups (broad SMARTS) is 1. The van der Waals surface area contributed by atoms with E-state index >= 15 is 0 Å². The van der Waals surface area contributed by atoms with Gasteiger partial charge >= 0.3 is 0 Å². The van der Waals surface area contributed by atoms with E-state index in [-0.39, 0.29) is 6.42 Å². The van der Waals surface area contributed by atoms with Gasteiger partial charge in [-0.25, -0.2) is 0 Å². The molecule has 4 N–H and O–H groups in total. The van der Waals surface area contributed by atoms with Crippen molar-refractivity contribution in [3.8, 4) is 0 Å². The summed E-state index contributed by atoms with van der Waals surface area (Å²) in [6, 6.07) is -0.915. The third-order valence-electron chi connectivity index (χ3n) is 2.66. The molecule has 0 fully saturated rings. The highest BCUT2D eigenvalue weighted by molar-refractivity contribution is 5.82. The molecule has 0 aromatic heterocycles. The van der Waals surface area contributed by atoms with E-state index in [4.69, 9.17) is 9.84 Å². The first-order valence-corrected chi connectivity index (χ1v) is 5.69. The highest BCUT2D eigenvalue weighted by Gasteiger charge is 2.36. The van der Waals surface area contributed by atoms with E-state index < -0.39 is 48.6 Å². The van der Waals surface area contributed by atoms with Gasteiger partial charge in [-0.1, -0.05) is 0 Å². The fourth-order valence-electron chi connectivity index (χ4n) is 1.82. The van der Waals surface area contributed by atoms with Crippen molar-refractivity contribution in [3.05, 3.63) is 11.8 Å². The van der Waals surface area contributed by atoms with E-state index in [1.807, 2.05) is 0 Å². The molecule has 8 nitrogen and oxygen atoms in total. The van der Waals surface area contributed by atoms with Gasteiger partial charge in [0.05, 0.1) is 24.9 Å². The lowest BCUT2D eigenvalue weighted by Crippen LogP contribution is -2.54. The summed E-state index contributed by atoms with van der Waals surface area (Å²) in [6.45, 7) is 0.678. The van der Waals surface area contributed by atoms with Gasteiger partial charge in [0.15, 0.2) is 0 Å². The lowest BCUT2D eigenvalue weighted by atomic mass is 9.96. The molecule has 0 spiro atoms. The fraction of sp³-hybridized carbons (Fsp3) is 0.636. The lowest BCUT2D eigenvalue weighted by Gasteiger charge is -2.36. The molecule has 0 bridgehead atoms. The van der Waals surface area contributed by atoms with Crippen molar-refractivity contribution >= 4 is 11.9 Å². The zero-order valence-corrected chi connectivity index (χ0v) is 10.3. The van der Waals surface area contributed by atoms with E-state index in [1.165, 1.54) is 6.92 Å². The Morgan fingerprint density at radius 1 is 1.58 bits per heavy atom. The average Bonchev–Trinajstić information content (AvgIpc) is 2.32. The number of hydrogen-bond donors (Lipinski definition) is 4. The normalized spacial score (nSPS) is 28.0. The number of ether oxygens (including phenoxy) is 1. The van der Waals surface area contributed by atoms with E-state index in [0.717, 1.165) is 6.08 Å². The summed E-state index contributed by atoms with van der Waals surface area (Å²) in [5.74, 6) is -2.62. The van der Waals surface area contributed by atoms with Crippen LogP contribution in [0.1, 0.15) is 13.3 Å². The highest BCUT2D eigenvalue weighted by atomic mass is 16.5. The number of aliphatic hydroxyl groups excluding tert-OH is 3. The van der Waals surface area contributed by atoms with Gasteiger partial charge in [0, 0.05) is 13.3 Å². The molecule has 19 heavy (non-hydrogen) atoms. The predicted octanol–water partition coefficient (Wildman–Crippen LogP) is -3.37. The Bertz CT molecular complexity index is 381. The summed E-state index contributed by atoms with van der Waals surface area (Å²) in [5.41, 5.74) is 0. The van der Waals surface area contributed by atoms with E-state index in [2.05, 4.69) is 5.32 Å². The molecule has 0 saturated heterocycles. The van der Waals surface area contributed by atoms with Crippen LogP contribution in [0.3, 0.4) is 0 Å². The largest absolute Gasteiger partial charge is 0.542 e. The molecule has 108 valence electrons. The van der Waals surface area contributed by atoms with Crippen LogP contribution in [0.15, 0.2) is 11.8 Å². The minimum absolute atomic E-state index is 0.150. The molecule has 0 aliphatic carbocycles. The standard InChI is InChI=1S/C11H17NO7/c1-5(14)12-10-7(16)3-9(11(17)18)19-8(10)2-6(15)4-13/h3,6-8,10,13,15-16H,2,4H2,1H3,(H,12,14)(H,17,18)/p-1/t6-,7+,8?,10+/m0/s1. The fourth-order valence-corrected chi connectivity index (χ4v) is 1.82. The van der Waals surface area contributed by atoms with Crippen molar-refractivity contribution in [2.45, 2.75) is 37.7 Å².